The van der Waals surface area contributed by atoms with Crippen molar-refractivity contribution in [3.63, 3.8) is 0 Å². The van der Waals surface area contributed by atoms with Crippen LogP contribution in [0.4, 0.5) is 34.3 Å². The molecule has 4 N–H and O–H groups in total. The van der Waals surface area contributed by atoms with E-state index in [4.69, 9.17) is 9.72 Å². The third-order valence-electron chi connectivity index (χ3n) is 11.8. The second kappa shape index (κ2) is 16.3. The summed E-state index contributed by atoms with van der Waals surface area (Å²) in [5.41, 5.74) is 8.70. The number of anilines is 6. The van der Waals surface area contributed by atoms with Crippen molar-refractivity contribution in [3.8, 4) is 17.0 Å². The SMILES string of the molecule is Cc1c(-c2ccc3cnc(Nc4ccc(N5CCN(CCN6CCN(c7ccc(NC8CCC(=O)NC8=O)cc7)CC6)CC5)cc4)cc3c2)cnc2c1NCCO2. The summed E-state index contributed by atoms with van der Waals surface area (Å²) in [5, 5.41) is 14.8. The number of carbonyl (C=O) groups excluding carboxylic acids is 2. The van der Waals surface area contributed by atoms with Gasteiger partial charge in [-0.3, -0.25) is 24.7 Å². The number of nitrogens with zero attached hydrogens (tertiary/aromatic N) is 6. The number of amides is 2. The molecule has 1 atom stereocenters. The highest BCUT2D eigenvalue weighted by Gasteiger charge is 2.27. The standard InChI is InChI=1S/C44H50N10O3/c1-30-38(29-47-44-42(30)45-14-25-57-44)31-2-3-32-28-46-40(27-33(32)26-31)49-35-6-10-37(11-7-35)54-23-19-52(20-24-54)16-15-51-17-21-53(22-18-51)36-8-4-34(5-9-36)48-39-12-13-41(55)50-43(39)56/h2-11,26-29,39,45,48H,12-25H2,1H3,(H,46,49)(H,50,55,56). The molecule has 0 saturated carbocycles. The van der Waals surface area contributed by atoms with E-state index in [0.29, 0.717) is 25.3 Å². The van der Waals surface area contributed by atoms with Crippen LogP contribution < -0.4 is 35.8 Å². The van der Waals surface area contributed by atoms with E-state index in [0.717, 1.165) is 122 Å². The molecule has 5 aromatic rings. The molecule has 2 amide bonds. The van der Waals surface area contributed by atoms with Crippen molar-refractivity contribution in [2.75, 3.05) is 104 Å². The molecule has 4 aliphatic rings. The van der Waals surface area contributed by atoms with Crippen LogP contribution in [0.25, 0.3) is 21.9 Å². The Bertz CT molecular complexity index is 2230. The van der Waals surface area contributed by atoms with Gasteiger partial charge < -0.3 is 30.5 Å². The van der Waals surface area contributed by atoms with Gasteiger partial charge in [-0.15, -0.1) is 0 Å². The van der Waals surface area contributed by atoms with E-state index >= 15 is 0 Å². The summed E-state index contributed by atoms with van der Waals surface area (Å²) in [4.78, 5) is 42.9. The van der Waals surface area contributed by atoms with Crippen molar-refractivity contribution in [2.24, 2.45) is 0 Å². The van der Waals surface area contributed by atoms with Crippen molar-refractivity contribution >= 4 is 56.8 Å². The fraction of sp³-hybridized carbons (Fsp3) is 0.364. The van der Waals surface area contributed by atoms with Crippen LogP contribution in [-0.4, -0.2) is 116 Å². The third kappa shape index (κ3) is 8.30. The van der Waals surface area contributed by atoms with Crippen molar-refractivity contribution in [1.29, 1.82) is 0 Å². The molecule has 57 heavy (non-hydrogen) atoms. The van der Waals surface area contributed by atoms with Gasteiger partial charge >= 0.3 is 0 Å². The van der Waals surface area contributed by atoms with E-state index in [9.17, 15) is 9.59 Å². The van der Waals surface area contributed by atoms with Gasteiger partial charge in [-0.1, -0.05) is 12.1 Å². The summed E-state index contributed by atoms with van der Waals surface area (Å²) in [6, 6.07) is 25.2. The fourth-order valence-electron chi connectivity index (χ4n) is 8.34. The highest BCUT2D eigenvalue weighted by Crippen LogP contribution is 2.36. The van der Waals surface area contributed by atoms with Crippen LogP contribution in [0.2, 0.25) is 0 Å². The topological polar surface area (TPSA) is 130 Å². The number of benzene rings is 3. The molecule has 13 nitrogen and oxygen atoms in total. The van der Waals surface area contributed by atoms with E-state index in [-0.39, 0.29) is 17.9 Å². The van der Waals surface area contributed by atoms with E-state index in [1.54, 1.807) is 0 Å². The minimum Gasteiger partial charge on any atom is -0.474 e. The summed E-state index contributed by atoms with van der Waals surface area (Å²) >= 11 is 0. The quantitative estimate of drug-likeness (QED) is 0.138. The number of carbonyl (C=O) groups is 2. The summed E-state index contributed by atoms with van der Waals surface area (Å²) in [7, 11) is 0. The molecule has 0 radical (unpaired) electrons. The maximum absolute atomic E-state index is 12.1. The number of rotatable bonds is 10. The molecule has 13 heteroatoms. The largest absolute Gasteiger partial charge is 0.474 e. The number of ether oxygens (including phenoxy) is 1. The number of nitrogens with one attached hydrogen (secondary N) is 4. The Morgan fingerprint density at radius 3 is 2.09 bits per heavy atom. The maximum atomic E-state index is 12.1. The zero-order chi connectivity index (χ0) is 38.7. The van der Waals surface area contributed by atoms with Crippen LogP contribution in [0, 0.1) is 6.92 Å². The average molecular weight is 767 g/mol. The first-order valence-electron chi connectivity index (χ1n) is 20.2. The maximum Gasteiger partial charge on any atom is 0.249 e. The van der Waals surface area contributed by atoms with E-state index in [2.05, 4.69) is 113 Å². The van der Waals surface area contributed by atoms with E-state index in [1.807, 2.05) is 24.5 Å². The monoisotopic (exact) mass is 766 g/mol. The Morgan fingerprint density at radius 2 is 1.42 bits per heavy atom. The lowest BCUT2D eigenvalue weighted by Gasteiger charge is -2.39. The molecule has 6 heterocycles. The number of fused-ring (bicyclic) bond motifs is 2. The summed E-state index contributed by atoms with van der Waals surface area (Å²) in [5.74, 6) is 1.05. The van der Waals surface area contributed by atoms with Gasteiger partial charge in [-0.2, -0.15) is 0 Å². The number of aromatic nitrogens is 2. The number of pyridine rings is 2. The minimum atomic E-state index is -0.366. The highest BCUT2D eigenvalue weighted by molar-refractivity contribution is 6.01. The summed E-state index contributed by atoms with van der Waals surface area (Å²) in [6.45, 7) is 14.0. The molecule has 3 saturated heterocycles. The first-order valence-corrected chi connectivity index (χ1v) is 20.2. The van der Waals surface area contributed by atoms with Crippen LogP contribution in [0.5, 0.6) is 5.88 Å². The molecule has 1 unspecified atom stereocenters. The van der Waals surface area contributed by atoms with Crippen LogP contribution in [0.1, 0.15) is 18.4 Å². The van der Waals surface area contributed by atoms with Crippen LogP contribution in [0.3, 0.4) is 0 Å². The van der Waals surface area contributed by atoms with E-state index in [1.165, 1.54) is 11.4 Å². The third-order valence-corrected chi connectivity index (χ3v) is 11.8. The zero-order valence-electron chi connectivity index (χ0n) is 32.5. The predicted molar refractivity (Wildman–Crippen MR) is 227 cm³/mol. The molecule has 9 rings (SSSR count). The Kier molecular flexibility index (Phi) is 10.5. The Labute approximate surface area is 333 Å². The lowest BCUT2D eigenvalue weighted by molar-refractivity contribution is -0.133. The number of hydrogen-bond acceptors (Lipinski definition) is 12. The molecule has 0 bridgehead atoms. The Morgan fingerprint density at radius 1 is 0.754 bits per heavy atom. The van der Waals surface area contributed by atoms with Crippen LogP contribution >= 0.6 is 0 Å². The molecular weight excluding hydrogens is 717 g/mol. The van der Waals surface area contributed by atoms with Crippen molar-refractivity contribution in [3.05, 3.63) is 90.8 Å². The molecule has 0 aliphatic carbocycles. The summed E-state index contributed by atoms with van der Waals surface area (Å²) in [6.07, 6.45) is 4.73. The molecule has 3 fully saturated rings. The molecule has 2 aromatic heterocycles. The second-order valence-corrected chi connectivity index (χ2v) is 15.4. The smallest absolute Gasteiger partial charge is 0.249 e. The first kappa shape index (κ1) is 36.7. The average Bonchev–Trinajstić information content (AvgIpc) is 3.25. The van der Waals surface area contributed by atoms with Crippen LogP contribution in [0.15, 0.2) is 85.2 Å². The van der Waals surface area contributed by atoms with Crippen molar-refractivity contribution in [2.45, 2.75) is 25.8 Å². The van der Waals surface area contributed by atoms with Gasteiger partial charge in [0.2, 0.25) is 17.7 Å². The lowest BCUT2D eigenvalue weighted by Crippen LogP contribution is -2.51. The van der Waals surface area contributed by atoms with Gasteiger partial charge in [-0.05, 0) is 90.5 Å². The van der Waals surface area contributed by atoms with Gasteiger partial charge in [0, 0.05) is 125 Å². The second-order valence-electron chi connectivity index (χ2n) is 15.4. The Hall–Kier alpha value is -5.92. The van der Waals surface area contributed by atoms with Gasteiger partial charge in [0.25, 0.3) is 0 Å². The normalized spacial score (nSPS) is 19.1. The molecule has 294 valence electrons. The fourth-order valence-corrected chi connectivity index (χ4v) is 8.34. The molecule has 0 spiro atoms. The number of hydrogen-bond donors (Lipinski definition) is 4. The van der Waals surface area contributed by atoms with Crippen LogP contribution in [-0.2, 0) is 9.59 Å². The minimum absolute atomic E-state index is 0.196. The molecule has 4 aliphatic heterocycles. The van der Waals surface area contributed by atoms with Gasteiger partial charge in [0.15, 0.2) is 0 Å². The van der Waals surface area contributed by atoms with Gasteiger partial charge in [0.1, 0.15) is 24.2 Å². The predicted octanol–water partition coefficient (Wildman–Crippen LogP) is 5.31. The number of imide groups is 1. The number of piperazine rings is 2. The molecule has 3 aromatic carbocycles. The van der Waals surface area contributed by atoms with Crippen molar-refractivity contribution in [1.82, 2.24) is 25.1 Å². The van der Waals surface area contributed by atoms with Gasteiger partial charge in [-0.25, -0.2) is 9.97 Å². The Balaban J connectivity index is 0.720. The zero-order valence-corrected chi connectivity index (χ0v) is 32.5. The van der Waals surface area contributed by atoms with Gasteiger partial charge in [0.05, 0.1) is 0 Å². The highest BCUT2D eigenvalue weighted by atomic mass is 16.5. The summed E-state index contributed by atoms with van der Waals surface area (Å²) < 4.78 is 5.73. The van der Waals surface area contributed by atoms with E-state index < -0.39 is 0 Å². The lowest BCUT2D eigenvalue weighted by atomic mass is 9.99. The van der Waals surface area contributed by atoms with Crippen molar-refractivity contribution < 1.29 is 14.3 Å². The number of piperidine rings is 1. The molecular formula is C44H50N10O3. The first-order chi connectivity index (χ1) is 27.9.